The Morgan fingerprint density at radius 3 is 2.62 bits per heavy atom. The van der Waals surface area contributed by atoms with Crippen molar-refractivity contribution in [1.29, 1.82) is 0 Å². The summed E-state index contributed by atoms with van der Waals surface area (Å²) in [6.07, 6.45) is 1.91. The van der Waals surface area contributed by atoms with Gasteiger partial charge in [-0.15, -0.1) is 0 Å². The van der Waals surface area contributed by atoms with Gasteiger partial charge in [-0.25, -0.2) is 4.98 Å². The fourth-order valence-electron chi connectivity index (χ4n) is 3.00. The summed E-state index contributed by atoms with van der Waals surface area (Å²) in [5.74, 6) is 1.46. The second-order valence-electron chi connectivity index (χ2n) is 6.51. The third kappa shape index (κ3) is 3.93. The lowest BCUT2D eigenvalue weighted by Gasteiger charge is -2.06. The molecule has 0 aliphatic heterocycles. The Balaban J connectivity index is 1.73. The number of rotatable bonds is 6. The SMILES string of the molecule is Cc1noc(C)c1CSc1nc(-c2cccc([N+](=O)[O-])c2)cn1-c1ccccc1. The van der Waals surface area contributed by atoms with Crippen LogP contribution in [0, 0.1) is 24.0 Å². The van der Waals surface area contributed by atoms with Gasteiger partial charge in [-0.3, -0.25) is 14.7 Å². The van der Waals surface area contributed by atoms with Crippen LogP contribution in [0.15, 0.2) is 70.5 Å². The number of aryl methyl sites for hydroxylation is 2. The zero-order valence-electron chi connectivity index (χ0n) is 15.9. The van der Waals surface area contributed by atoms with Gasteiger partial charge in [0.05, 0.1) is 16.3 Å². The summed E-state index contributed by atoms with van der Waals surface area (Å²) in [4.78, 5) is 15.5. The lowest BCUT2D eigenvalue weighted by atomic mass is 10.1. The Morgan fingerprint density at radius 2 is 1.93 bits per heavy atom. The molecule has 0 atom stereocenters. The molecule has 0 amide bonds. The average molecular weight is 406 g/mol. The van der Waals surface area contributed by atoms with Crippen LogP contribution in [0.4, 0.5) is 5.69 Å². The van der Waals surface area contributed by atoms with Gasteiger partial charge in [0.25, 0.3) is 5.69 Å². The highest BCUT2D eigenvalue weighted by Crippen LogP contribution is 2.31. The van der Waals surface area contributed by atoms with Gasteiger partial charge in [0.2, 0.25) is 0 Å². The minimum atomic E-state index is -0.398. The molecular weight excluding hydrogens is 388 g/mol. The zero-order valence-corrected chi connectivity index (χ0v) is 16.7. The Labute approximate surface area is 171 Å². The standard InChI is InChI=1S/C21H18N4O3S/c1-14-19(15(2)28-23-14)13-29-21-22-20(12-24(21)17-8-4-3-5-9-17)16-7-6-10-18(11-16)25(26)27/h3-12H,13H2,1-2H3. The summed E-state index contributed by atoms with van der Waals surface area (Å²) < 4.78 is 7.25. The van der Waals surface area contributed by atoms with E-state index in [4.69, 9.17) is 9.51 Å². The first-order valence-electron chi connectivity index (χ1n) is 8.97. The molecule has 0 spiro atoms. The summed E-state index contributed by atoms with van der Waals surface area (Å²) in [5, 5.41) is 15.9. The van der Waals surface area contributed by atoms with Crippen LogP contribution in [0.3, 0.4) is 0 Å². The first-order chi connectivity index (χ1) is 14.0. The molecule has 0 N–H and O–H groups in total. The van der Waals surface area contributed by atoms with E-state index >= 15 is 0 Å². The Hall–Kier alpha value is -3.39. The van der Waals surface area contributed by atoms with Gasteiger partial charge >= 0.3 is 0 Å². The quantitative estimate of drug-likeness (QED) is 0.244. The number of imidazole rings is 1. The molecule has 2 aromatic heterocycles. The minimum absolute atomic E-state index is 0.0432. The summed E-state index contributed by atoms with van der Waals surface area (Å²) in [5.41, 5.74) is 4.31. The monoisotopic (exact) mass is 406 g/mol. The molecule has 0 radical (unpaired) electrons. The first kappa shape index (κ1) is 18.9. The van der Waals surface area contributed by atoms with E-state index in [0.717, 1.165) is 27.9 Å². The minimum Gasteiger partial charge on any atom is -0.361 e. The van der Waals surface area contributed by atoms with Crippen molar-refractivity contribution in [3.8, 4) is 16.9 Å². The second-order valence-corrected chi connectivity index (χ2v) is 7.46. The predicted octanol–water partition coefficient (Wildman–Crippen LogP) is 5.34. The summed E-state index contributed by atoms with van der Waals surface area (Å²) in [6, 6.07) is 16.4. The summed E-state index contributed by atoms with van der Waals surface area (Å²) in [7, 11) is 0. The number of para-hydroxylation sites is 1. The van der Waals surface area contributed by atoms with Crippen molar-refractivity contribution >= 4 is 17.4 Å². The van der Waals surface area contributed by atoms with E-state index in [9.17, 15) is 10.1 Å². The molecule has 29 heavy (non-hydrogen) atoms. The van der Waals surface area contributed by atoms with Crippen LogP contribution in [0.25, 0.3) is 16.9 Å². The first-order valence-corrected chi connectivity index (χ1v) is 9.95. The molecular formula is C21H18N4O3S. The van der Waals surface area contributed by atoms with Crippen molar-refractivity contribution in [2.45, 2.75) is 24.8 Å². The molecule has 0 saturated heterocycles. The molecule has 0 bridgehead atoms. The number of benzene rings is 2. The number of nitro groups is 1. The Bertz CT molecular complexity index is 1150. The van der Waals surface area contributed by atoms with E-state index in [1.807, 2.05) is 61.0 Å². The molecule has 7 nitrogen and oxygen atoms in total. The number of hydrogen-bond acceptors (Lipinski definition) is 6. The Kier molecular flexibility index (Phi) is 5.18. The molecule has 0 aliphatic rings. The third-order valence-electron chi connectivity index (χ3n) is 4.59. The maximum Gasteiger partial charge on any atom is 0.270 e. The van der Waals surface area contributed by atoms with Crippen molar-refractivity contribution in [1.82, 2.24) is 14.7 Å². The molecule has 0 saturated carbocycles. The van der Waals surface area contributed by atoms with Gasteiger partial charge in [-0.1, -0.05) is 47.3 Å². The van der Waals surface area contributed by atoms with Crippen molar-refractivity contribution in [2.75, 3.05) is 0 Å². The number of thioether (sulfide) groups is 1. The highest BCUT2D eigenvalue weighted by molar-refractivity contribution is 7.98. The molecule has 0 fully saturated rings. The summed E-state index contributed by atoms with van der Waals surface area (Å²) in [6.45, 7) is 3.82. The van der Waals surface area contributed by atoms with Gasteiger partial charge in [0.15, 0.2) is 5.16 Å². The van der Waals surface area contributed by atoms with E-state index in [2.05, 4.69) is 5.16 Å². The number of aromatic nitrogens is 3. The molecule has 0 unspecified atom stereocenters. The second kappa shape index (κ2) is 7.92. The van der Waals surface area contributed by atoms with Crippen molar-refractivity contribution in [3.63, 3.8) is 0 Å². The van der Waals surface area contributed by atoms with Gasteiger partial charge in [-0.2, -0.15) is 0 Å². The van der Waals surface area contributed by atoms with Crippen LogP contribution in [-0.2, 0) is 5.75 Å². The van der Waals surface area contributed by atoms with Gasteiger partial charge in [-0.05, 0) is 26.0 Å². The van der Waals surface area contributed by atoms with Crippen LogP contribution in [0.1, 0.15) is 17.0 Å². The van der Waals surface area contributed by atoms with Crippen molar-refractivity contribution < 1.29 is 9.45 Å². The lowest BCUT2D eigenvalue weighted by molar-refractivity contribution is -0.384. The van der Waals surface area contributed by atoms with Gasteiger partial charge < -0.3 is 4.52 Å². The third-order valence-corrected chi connectivity index (χ3v) is 5.57. The van der Waals surface area contributed by atoms with Crippen LogP contribution < -0.4 is 0 Å². The fraction of sp³-hybridized carbons (Fsp3) is 0.143. The molecule has 4 rings (SSSR count). The highest BCUT2D eigenvalue weighted by Gasteiger charge is 2.16. The molecule has 146 valence electrons. The number of nitro benzene ring substituents is 1. The van der Waals surface area contributed by atoms with E-state index in [1.54, 1.807) is 23.9 Å². The van der Waals surface area contributed by atoms with E-state index in [1.165, 1.54) is 6.07 Å². The van der Waals surface area contributed by atoms with Crippen molar-refractivity contribution in [3.05, 3.63) is 87.9 Å². The predicted molar refractivity (Wildman–Crippen MR) is 111 cm³/mol. The molecule has 2 heterocycles. The smallest absolute Gasteiger partial charge is 0.270 e. The van der Waals surface area contributed by atoms with Crippen molar-refractivity contribution in [2.24, 2.45) is 0 Å². The largest absolute Gasteiger partial charge is 0.361 e. The van der Waals surface area contributed by atoms with E-state index < -0.39 is 4.92 Å². The molecule has 4 aromatic rings. The van der Waals surface area contributed by atoms with E-state index in [-0.39, 0.29) is 5.69 Å². The summed E-state index contributed by atoms with van der Waals surface area (Å²) >= 11 is 1.57. The van der Waals surface area contributed by atoms with Crippen LogP contribution in [0.5, 0.6) is 0 Å². The van der Waals surface area contributed by atoms with Crippen LogP contribution in [0.2, 0.25) is 0 Å². The number of nitrogens with zero attached hydrogens (tertiary/aromatic N) is 4. The fourth-order valence-corrected chi connectivity index (χ4v) is 4.15. The van der Waals surface area contributed by atoms with Crippen LogP contribution in [-0.4, -0.2) is 19.6 Å². The topological polar surface area (TPSA) is 87.0 Å². The Morgan fingerprint density at radius 1 is 1.14 bits per heavy atom. The lowest BCUT2D eigenvalue weighted by Crippen LogP contribution is -1.95. The molecule has 2 aromatic carbocycles. The zero-order chi connectivity index (χ0) is 20.4. The maximum atomic E-state index is 11.1. The normalized spacial score (nSPS) is 11.0. The van der Waals surface area contributed by atoms with Gasteiger partial charge in [0, 0.05) is 40.9 Å². The molecule has 0 aliphatic carbocycles. The van der Waals surface area contributed by atoms with Gasteiger partial charge in [0.1, 0.15) is 5.76 Å². The average Bonchev–Trinajstić information content (AvgIpc) is 3.30. The number of non-ortho nitro benzene ring substituents is 1. The number of hydrogen-bond donors (Lipinski definition) is 0. The van der Waals surface area contributed by atoms with Crippen LogP contribution >= 0.6 is 11.8 Å². The van der Waals surface area contributed by atoms with E-state index in [0.29, 0.717) is 17.0 Å². The highest BCUT2D eigenvalue weighted by atomic mass is 32.2. The maximum absolute atomic E-state index is 11.1. The molecule has 8 heteroatoms.